The minimum Gasteiger partial charge on any atom is -0.344 e. The molecule has 3 aromatic heterocycles. The van der Waals surface area contributed by atoms with Crippen LogP contribution in [0.4, 0.5) is 0 Å². The number of aryl methyl sites for hydroxylation is 2. The van der Waals surface area contributed by atoms with Crippen molar-refractivity contribution in [2.24, 2.45) is 0 Å². The van der Waals surface area contributed by atoms with Crippen molar-refractivity contribution in [2.75, 3.05) is 6.54 Å². The minimum atomic E-state index is -0.272. The molecule has 9 nitrogen and oxygen atoms in total. The summed E-state index contributed by atoms with van der Waals surface area (Å²) in [6.45, 7) is 5.33. The molecule has 0 bridgehead atoms. The van der Waals surface area contributed by atoms with Gasteiger partial charge in [-0.1, -0.05) is 30.3 Å². The maximum absolute atomic E-state index is 13.3. The lowest BCUT2D eigenvalue weighted by Gasteiger charge is -2.27. The maximum atomic E-state index is 13.3. The van der Waals surface area contributed by atoms with Gasteiger partial charge in [-0.3, -0.25) is 14.3 Å². The number of benzene rings is 1. The van der Waals surface area contributed by atoms with Gasteiger partial charge in [0.25, 0.3) is 11.8 Å². The zero-order valence-corrected chi connectivity index (χ0v) is 20.4. The lowest BCUT2D eigenvalue weighted by molar-refractivity contribution is 0.0724. The highest BCUT2D eigenvalue weighted by atomic mass is 32.1. The van der Waals surface area contributed by atoms with Gasteiger partial charge in [0, 0.05) is 41.5 Å². The van der Waals surface area contributed by atoms with Crippen LogP contribution in [-0.2, 0) is 26.1 Å². The number of aromatic nitrogens is 5. The molecule has 0 saturated carbocycles. The Kier molecular flexibility index (Phi) is 6.37. The van der Waals surface area contributed by atoms with E-state index in [-0.39, 0.29) is 11.8 Å². The zero-order chi connectivity index (χ0) is 24.4. The Bertz CT molecular complexity index is 1350. The predicted molar refractivity (Wildman–Crippen MR) is 131 cm³/mol. The van der Waals surface area contributed by atoms with Gasteiger partial charge in [-0.05, 0) is 25.5 Å². The highest BCUT2D eigenvalue weighted by molar-refractivity contribution is 7.09. The molecule has 2 amide bonds. The molecular weight excluding hydrogens is 462 g/mol. The Hall–Kier alpha value is -3.92. The maximum Gasteiger partial charge on any atom is 0.272 e. The van der Waals surface area contributed by atoms with Gasteiger partial charge in [0.15, 0.2) is 5.69 Å². The van der Waals surface area contributed by atoms with Crippen LogP contribution < -0.4 is 5.32 Å². The molecule has 5 rings (SSSR count). The van der Waals surface area contributed by atoms with E-state index in [1.807, 2.05) is 47.3 Å². The quantitative estimate of drug-likeness (QED) is 0.448. The standard InChI is InChI=1S/C25H25N7O2S/c1-16-12-20(29-17(2)28-16)25(34)31-10-8-21-19(15-31)23(24(33)27-13-22-26-9-11-35-22)30-32(21)14-18-6-4-3-5-7-18/h3-7,9,11-12H,8,10,13-15H2,1-2H3,(H,27,33). The minimum absolute atomic E-state index is 0.172. The number of carbonyl (C=O) groups excluding carboxylic acids is 2. The van der Waals surface area contributed by atoms with Crippen LogP contribution in [-0.4, -0.2) is 48.0 Å². The summed E-state index contributed by atoms with van der Waals surface area (Å²) in [7, 11) is 0. The summed E-state index contributed by atoms with van der Waals surface area (Å²) < 4.78 is 1.89. The number of nitrogens with zero attached hydrogens (tertiary/aromatic N) is 6. The van der Waals surface area contributed by atoms with E-state index >= 15 is 0 Å². The number of amides is 2. The van der Waals surface area contributed by atoms with Crippen LogP contribution in [0.3, 0.4) is 0 Å². The van der Waals surface area contributed by atoms with Gasteiger partial charge in [-0.2, -0.15) is 5.10 Å². The van der Waals surface area contributed by atoms with Crippen molar-refractivity contribution in [2.45, 2.75) is 39.9 Å². The lowest BCUT2D eigenvalue weighted by Crippen LogP contribution is -2.37. The molecule has 0 aliphatic carbocycles. The third-order valence-electron chi connectivity index (χ3n) is 5.88. The molecule has 0 unspecified atom stereocenters. The Morgan fingerprint density at radius 2 is 1.97 bits per heavy atom. The predicted octanol–water partition coefficient (Wildman–Crippen LogP) is 2.92. The molecule has 178 valence electrons. The average Bonchev–Trinajstić information content (AvgIpc) is 3.50. The van der Waals surface area contributed by atoms with E-state index in [0.717, 1.165) is 27.5 Å². The second-order valence-electron chi connectivity index (χ2n) is 8.44. The molecule has 0 atom stereocenters. The molecular formula is C25H25N7O2S. The van der Waals surface area contributed by atoms with Gasteiger partial charge in [0.05, 0.1) is 19.6 Å². The van der Waals surface area contributed by atoms with Crippen LogP contribution in [0.25, 0.3) is 0 Å². The fourth-order valence-electron chi connectivity index (χ4n) is 4.30. The Morgan fingerprint density at radius 3 is 2.71 bits per heavy atom. The molecule has 1 aliphatic heterocycles. The van der Waals surface area contributed by atoms with E-state index < -0.39 is 0 Å². The van der Waals surface area contributed by atoms with E-state index in [9.17, 15) is 9.59 Å². The van der Waals surface area contributed by atoms with E-state index in [4.69, 9.17) is 5.10 Å². The van der Waals surface area contributed by atoms with Crippen molar-refractivity contribution in [3.63, 3.8) is 0 Å². The number of hydrogen-bond donors (Lipinski definition) is 1. The molecule has 1 aromatic carbocycles. The van der Waals surface area contributed by atoms with Gasteiger partial charge in [-0.15, -0.1) is 11.3 Å². The first-order chi connectivity index (χ1) is 17.0. The SMILES string of the molecule is Cc1cc(C(=O)N2CCc3c(c(C(=O)NCc4nccs4)nn3Cc3ccccc3)C2)nc(C)n1. The van der Waals surface area contributed by atoms with E-state index in [0.29, 0.717) is 49.8 Å². The molecule has 4 heterocycles. The van der Waals surface area contributed by atoms with Crippen LogP contribution >= 0.6 is 11.3 Å². The van der Waals surface area contributed by atoms with Gasteiger partial charge in [0.2, 0.25) is 0 Å². The summed E-state index contributed by atoms with van der Waals surface area (Å²) >= 11 is 1.48. The lowest BCUT2D eigenvalue weighted by atomic mass is 10.0. The first-order valence-electron chi connectivity index (χ1n) is 11.4. The highest BCUT2D eigenvalue weighted by Gasteiger charge is 2.31. The van der Waals surface area contributed by atoms with Crippen LogP contribution in [0.15, 0.2) is 48.0 Å². The first kappa shape index (κ1) is 22.9. The highest BCUT2D eigenvalue weighted by Crippen LogP contribution is 2.25. The van der Waals surface area contributed by atoms with Crippen molar-refractivity contribution in [1.82, 2.24) is 34.9 Å². The van der Waals surface area contributed by atoms with Crippen molar-refractivity contribution in [3.8, 4) is 0 Å². The zero-order valence-electron chi connectivity index (χ0n) is 19.6. The molecule has 4 aromatic rings. The number of hydrogen-bond acceptors (Lipinski definition) is 7. The summed E-state index contributed by atoms with van der Waals surface area (Å²) in [5.41, 5.74) is 4.31. The molecule has 1 aliphatic rings. The topological polar surface area (TPSA) is 106 Å². The Balaban J connectivity index is 1.44. The third-order valence-corrected chi connectivity index (χ3v) is 6.66. The van der Waals surface area contributed by atoms with Crippen LogP contribution in [0, 0.1) is 13.8 Å². The van der Waals surface area contributed by atoms with Gasteiger partial charge in [-0.25, -0.2) is 15.0 Å². The summed E-state index contributed by atoms with van der Waals surface area (Å²) in [6, 6.07) is 11.7. The van der Waals surface area contributed by atoms with Crippen LogP contribution in [0.2, 0.25) is 0 Å². The molecule has 1 N–H and O–H groups in total. The number of carbonyl (C=O) groups is 2. The Morgan fingerprint density at radius 1 is 1.14 bits per heavy atom. The second-order valence-corrected chi connectivity index (χ2v) is 9.42. The monoisotopic (exact) mass is 487 g/mol. The van der Waals surface area contributed by atoms with Gasteiger partial charge in [0.1, 0.15) is 16.5 Å². The third kappa shape index (κ3) is 4.97. The van der Waals surface area contributed by atoms with E-state index in [2.05, 4.69) is 20.3 Å². The van der Waals surface area contributed by atoms with Crippen molar-refractivity contribution < 1.29 is 9.59 Å². The number of fused-ring (bicyclic) bond motifs is 1. The van der Waals surface area contributed by atoms with Crippen LogP contribution in [0.1, 0.15) is 54.3 Å². The number of rotatable bonds is 6. The smallest absolute Gasteiger partial charge is 0.272 e. The van der Waals surface area contributed by atoms with Crippen molar-refractivity contribution in [1.29, 1.82) is 0 Å². The molecule has 35 heavy (non-hydrogen) atoms. The Labute approximate surface area is 206 Å². The number of thiazole rings is 1. The average molecular weight is 488 g/mol. The van der Waals surface area contributed by atoms with E-state index in [1.165, 1.54) is 11.3 Å². The van der Waals surface area contributed by atoms with Crippen molar-refractivity contribution >= 4 is 23.2 Å². The molecule has 10 heteroatoms. The molecule has 0 spiro atoms. The largest absolute Gasteiger partial charge is 0.344 e. The summed E-state index contributed by atoms with van der Waals surface area (Å²) in [5.74, 6) is 0.115. The molecule has 0 radical (unpaired) electrons. The fourth-order valence-corrected chi connectivity index (χ4v) is 4.86. The first-order valence-corrected chi connectivity index (χ1v) is 12.3. The summed E-state index contributed by atoms with van der Waals surface area (Å²) in [5, 5.41) is 10.3. The fraction of sp³-hybridized carbons (Fsp3) is 0.280. The molecule has 0 fully saturated rings. The summed E-state index contributed by atoms with van der Waals surface area (Å²) in [6.07, 6.45) is 2.31. The van der Waals surface area contributed by atoms with Gasteiger partial charge >= 0.3 is 0 Å². The summed E-state index contributed by atoms with van der Waals surface area (Å²) in [4.78, 5) is 41.0. The number of nitrogens with one attached hydrogen (secondary N) is 1. The van der Waals surface area contributed by atoms with Gasteiger partial charge < -0.3 is 10.2 Å². The van der Waals surface area contributed by atoms with Crippen LogP contribution in [0.5, 0.6) is 0 Å². The second kappa shape index (κ2) is 9.75. The normalized spacial score (nSPS) is 12.9. The van der Waals surface area contributed by atoms with Crippen molar-refractivity contribution in [3.05, 3.63) is 92.7 Å². The van der Waals surface area contributed by atoms with E-state index in [1.54, 1.807) is 24.1 Å². The molecule has 0 saturated heterocycles.